The Balaban J connectivity index is 1.44. The van der Waals surface area contributed by atoms with Gasteiger partial charge in [-0.3, -0.25) is 4.40 Å². The molecule has 9 heteroatoms. The van der Waals surface area contributed by atoms with E-state index in [9.17, 15) is 13.2 Å². The van der Waals surface area contributed by atoms with Crippen molar-refractivity contribution in [3.05, 3.63) is 36.5 Å². The van der Waals surface area contributed by atoms with Crippen molar-refractivity contribution in [2.24, 2.45) is 11.8 Å². The fourth-order valence-corrected chi connectivity index (χ4v) is 4.66. The molecule has 4 heterocycles. The standard InChI is InChI=1S/C20H21F3N6/c21-20(22,23)16-12-29-15(9-26-18(29)10-25-16)19-24-7-5-17(27-19)28-8-6-14(11-28)13-3-1-2-4-13/h5,7,9-10,12-14H,1-4,6,8,11H2. The lowest BCUT2D eigenvalue weighted by Crippen LogP contribution is -2.23. The van der Waals surface area contributed by atoms with E-state index < -0.39 is 11.9 Å². The molecular weight excluding hydrogens is 381 g/mol. The number of fused-ring (bicyclic) bond motifs is 1. The first-order chi connectivity index (χ1) is 14.0. The predicted octanol–water partition coefficient (Wildman–Crippen LogP) is 4.22. The van der Waals surface area contributed by atoms with Crippen LogP contribution < -0.4 is 4.90 Å². The van der Waals surface area contributed by atoms with Gasteiger partial charge in [-0.15, -0.1) is 0 Å². The Labute approximate surface area is 165 Å². The van der Waals surface area contributed by atoms with E-state index >= 15 is 0 Å². The molecule has 152 valence electrons. The molecule has 3 aromatic rings. The van der Waals surface area contributed by atoms with E-state index in [1.807, 2.05) is 6.07 Å². The van der Waals surface area contributed by atoms with Gasteiger partial charge in [-0.25, -0.2) is 19.9 Å². The smallest absolute Gasteiger partial charge is 0.356 e. The van der Waals surface area contributed by atoms with Crippen molar-refractivity contribution in [1.29, 1.82) is 0 Å². The summed E-state index contributed by atoms with van der Waals surface area (Å²) in [6.45, 7) is 1.93. The van der Waals surface area contributed by atoms with E-state index in [1.54, 1.807) is 6.20 Å². The summed E-state index contributed by atoms with van der Waals surface area (Å²) in [4.78, 5) is 18.8. The van der Waals surface area contributed by atoms with E-state index in [0.717, 1.165) is 37.2 Å². The first-order valence-corrected chi connectivity index (χ1v) is 9.98. The molecule has 1 saturated carbocycles. The number of hydrogen-bond donors (Lipinski definition) is 0. The number of aromatic nitrogens is 5. The van der Waals surface area contributed by atoms with Gasteiger partial charge in [0.05, 0.1) is 12.4 Å². The van der Waals surface area contributed by atoms with Crippen LogP contribution in [0.3, 0.4) is 0 Å². The predicted molar refractivity (Wildman–Crippen MR) is 101 cm³/mol. The number of imidazole rings is 1. The zero-order valence-electron chi connectivity index (χ0n) is 15.8. The van der Waals surface area contributed by atoms with Crippen molar-refractivity contribution in [2.45, 2.75) is 38.3 Å². The van der Waals surface area contributed by atoms with Crippen molar-refractivity contribution in [3.63, 3.8) is 0 Å². The fourth-order valence-electron chi connectivity index (χ4n) is 4.66. The lowest BCUT2D eigenvalue weighted by atomic mass is 9.90. The molecule has 1 aliphatic heterocycles. The van der Waals surface area contributed by atoms with Gasteiger partial charge >= 0.3 is 6.18 Å². The molecule has 29 heavy (non-hydrogen) atoms. The molecule has 1 saturated heterocycles. The second-order valence-electron chi connectivity index (χ2n) is 7.92. The topological polar surface area (TPSA) is 59.2 Å². The quantitative estimate of drug-likeness (QED) is 0.657. The average molecular weight is 402 g/mol. The van der Waals surface area contributed by atoms with Crippen LogP contribution in [0.15, 0.2) is 30.9 Å². The Morgan fingerprint density at radius 2 is 1.79 bits per heavy atom. The monoisotopic (exact) mass is 402 g/mol. The second-order valence-corrected chi connectivity index (χ2v) is 7.92. The van der Waals surface area contributed by atoms with Crippen molar-refractivity contribution in [2.75, 3.05) is 18.0 Å². The van der Waals surface area contributed by atoms with Crippen LogP contribution in [0.4, 0.5) is 19.0 Å². The minimum absolute atomic E-state index is 0.324. The lowest BCUT2D eigenvalue weighted by molar-refractivity contribution is -0.141. The SMILES string of the molecule is FC(F)(F)c1cn2c(-c3nccc(N4CCC(C5CCCC5)C4)n3)cnc2cn1. The molecule has 0 N–H and O–H groups in total. The molecule has 1 atom stereocenters. The molecule has 3 aromatic heterocycles. The Morgan fingerprint density at radius 1 is 0.966 bits per heavy atom. The Hall–Kier alpha value is -2.71. The van der Waals surface area contributed by atoms with Crippen molar-refractivity contribution in [3.8, 4) is 11.5 Å². The highest BCUT2D eigenvalue weighted by atomic mass is 19.4. The number of rotatable bonds is 3. The van der Waals surface area contributed by atoms with Crippen LogP contribution in [-0.4, -0.2) is 37.4 Å². The molecule has 0 bridgehead atoms. The van der Waals surface area contributed by atoms with Gasteiger partial charge in [-0.2, -0.15) is 13.2 Å². The molecule has 0 radical (unpaired) electrons. The molecule has 5 rings (SSSR count). The fraction of sp³-hybridized carbons (Fsp3) is 0.500. The van der Waals surface area contributed by atoms with Crippen LogP contribution >= 0.6 is 0 Å². The van der Waals surface area contributed by atoms with Crippen molar-refractivity contribution >= 4 is 11.5 Å². The highest BCUT2D eigenvalue weighted by molar-refractivity contribution is 5.58. The highest BCUT2D eigenvalue weighted by Crippen LogP contribution is 2.37. The van der Waals surface area contributed by atoms with Crippen molar-refractivity contribution < 1.29 is 13.2 Å². The summed E-state index contributed by atoms with van der Waals surface area (Å²) in [5, 5.41) is 0. The minimum atomic E-state index is -4.52. The average Bonchev–Trinajstić information content (AvgIpc) is 3.46. The van der Waals surface area contributed by atoms with E-state index in [2.05, 4.69) is 24.8 Å². The van der Waals surface area contributed by atoms with Crippen LogP contribution in [0, 0.1) is 11.8 Å². The molecule has 1 aliphatic carbocycles. The Kier molecular flexibility index (Phi) is 4.40. The first kappa shape index (κ1) is 18.3. The van der Waals surface area contributed by atoms with Gasteiger partial charge in [0.15, 0.2) is 17.2 Å². The number of hydrogen-bond acceptors (Lipinski definition) is 5. The summed E-state index contributed by atoms with van der Waals surface area (Å²) in [6.07, 6.45) is 7.17. The summed E-state index contributed by atoms with van der Waals surface area (Å²) in [5.74, 6) is 2.69. The van der Waals surface area contributed by atoms with Gasteiger partial charge in [0.1, 0.15) is 11.5 Å². The summed E-state index contributed by atoms with van der Waals surface area (Å²) in [7, 11) is 0. The normalized spacial score (nSPS) is 20.8. The van der Waals surface area contributed by atoms with Gasteiger partial charge in [-0.05, 0) is 24.3 Å². The van der Waals surface area contributed by atoms with Gasteiger partial charge < -0.3 is 4.90 Å². The largest absolute Gasteiger partial charge is 0.434 e. The molecule has 2 fully saturated rings. The van der Waals surface area contributed by atoms with Crippen molar-refractivity contribution in [1.82, 2.24) is 24.3 Å². The molecule has 0 aromatic carbocycles. The van der Waals surface area contributed by atoms with E-state index in [4.69, 9.17) is 0 Å². The molecular formula is C20H21F3N6. The Morgan fingerprint density at radius 3 is 2.59 bits per heavy atom. The van der Waals surface area contributed by atoms with E-state index in [-0.39, 0.29) is 0 Å². The van der Waals surface area contributed by atoms with Crippen LogP contribution in [-0.2, 0) is 6.18 Å². The number of anilines is 1. The third kappa shape index (κ3) is 3.42. The molecule has 1 unspecified atom stereocenters. The van der Waals surface area contributed by atoms with Crippen LogP contribution in [0.25, 0.3) is 17.2 Å². The number of alkyl halides is 3. The summed E-state index contributed by atoms with van der Waals surface area (Å²) >= 11 is 0. The van der Waals surface area contributed by atoms with Crippen LogP contribution in [0.1, 0.15) is 37.8 Å². The lowest BCUT2D eigenvalue weighted by Gasteiger charge is -2.20. The van der Waals surface area contributed by atoms with Gasteiger partial charge in [0, 0.05) is 25.5 Å². The molecule has 0 amide bonds. The van der Waals surface area contributed by atoms with E-state index in [0.29, 0.717) is 23.1 Å². The minimum Gasteiger partial charge on any atom is -0.356 e. The zero-order chi connectivity index (χ0) is 20.0. The van der Waals surface area contributed by atoms with E-state index in [1.165, 1.54) is 42.7 Å². The maximum absolute atomic E-state index is 13.1. The Bertz CT molecular complexity index is 1020. The maximum Gasteiger partial charge on any atom is 0.434 e. The summed E-state index contributed by atoms with van der Waals surface area (Å²) in [6, 6.07) is 1.87. The van der Waals surface area contributed by atoms with Gasteiger partial charge in [-0.1, -0.05) is 25.7 Å². The first-order valence-electron chi connectivity index (χ1n) is 9.98. The summed E-state index contributed by atoms with van der Waals surface area (Å²) in [5.41, 5.74) is -0.231. The second kappa shape index (κ2) is 6.96. The van der Waals surface area contributed by atoms with Crippen LogP contribution in [0.5, 0.6) is 0 Å². The van der Waals surface area contributed by atoms with Gasteiger partial charge in [0.25, 0.3) is 0 Å². The highest BCUT2D eigenvalue weighted by Gasteiger charge is 2.34. The number of halogens is 3. The number of nitrogens with zero attached hydrogens (tertiary/aromatic N) is 6. The molecule has 6 nitrogen and oxygen atoms in total. The molecule has 0 spiro atoms. The maximum atomic E-state index is 13.1. The van der Waals surface area contributed by atoms with Crippen LogP contribution in [0.2, 0.25) is 0 Å². The zero-order valence-corrected chi connectivity index (χ0v) is 15.8. The van der Waals surface area contributed by atoms with Gasteiger partial charge in [0.2, 0.25) is 0 Å². The third-order valence-corrected chi connectivity index (χ3v) is 6.17. The third-order valence-electron chi connectivity index (χ3n) is 6.17. The molecule has 2 aliphatic rings. The summed E-state index contributed by atoms with van der Waals surface area (Å²) < 4.78 is 40.5.